The Labute approximate surface area is 117 Å². The van der Waals surface area contributed by atoms with Gasteiger partial charge in [-0.3, -0.25) is 0 Å². The molecule has 0 bridgehead atoms. The van der Waals surface area contributed by atoms with Gasteiger partial charge in [0, 0.05) is 10.6 Å². The third-order valence-electron chi connectivity index (χ3n) is 2.82. The van der Waals surface area contributed by atoms with E-state index < -0.39 is 0 Å². The molecule has 0 atom stereocenters. The second-order valence-corrected chi connectivity index (χ2v) is 5.53. The van der Waals surface area contributed by atoms with Crippen LogP contribution in [0.5, 0.6) is 0 Å². The van der Waals surface area contributed by atoms with Crippen LogP contribution in [0.2, 0.25) is 0 Å². The Balaban J connectivity index is 2.17. The van der Waals surface area contributed by atoms with Crippen LogP contribution >= 0.6 is 11.8 Å². The van der Waals surface area contributed by atoms with Crippen molar-refractivity contribution in [2.45, 2.75) is 24.5 Å². The molecule has 0 unspecified atom stereocenters. The highest BCUT2D eigenvalue weighted by Gasteiger charge is 2.04. The number of hydrogen-bond donors (Lipinski definition) is 0. The van der Waals surface area contributed by atoms with Crippen LogP contribution in [0, 0.1) is 31.0 Å². The van der Waals surface area contributed by atoms with Crippen LogP contribution in [0.3, 0.4) is 0 Å². The molecular weight excluding hydrogens is 257 g/mol. The summed E-state index contributed by atoms with van der Waals surface area (Å²) >= 11 is 1.67. The minimum Gasteiger partial charge on any atom is -0.207 e. The van der Waals surface area contributed by atoms with Crippen LogP contribution < -0.4 is 0 Å². The predicted molar refractivity (Wildman–Crippen MR) is 76.6 cm³/mol. The largest absolute Gasteiger partial charge is 0.207 e. The normalized spacial score (nSPS) is 10.2. The van der Waals surface area contributed by atoms with E-state index in [1.54, 1.807) is 17.8 Å². The highest BCUT2D eigenvalue weighted by molar-refractivity contribution is 7.98. The van der Waals surface area contributed by atoms with Gasteiger partial charge in [0.15, 0.2) is 0 Å². The molecule has 0 aliphatic rings. The standard InChI is InChI=1S/C16H14FNS/c1-11-3-4-12(2)16(5-11)19-10-14-6-13(9-18)7-15(17)8-14/h3-8H,10H2,1-2H3. The highest BCUT2D eigenvalue weighted by atomic mass is 32.2. The molecule has 19 heavy (non-hydrogen) atoms. The van der Waals surface area contributed by atoms with Crippen LogP contribution in [-0.2, 0) is 5.75 Å². The van der Waals surface area contributed by atoms with Gasteiger partial charge >= 0.3 is 0 Å². The maximum absolute atomic E-state index is 13.3. The third kappa shape index (κ3) is 3.59. The van der Waals surface area contributed by atoms with Crippen molar-refractivity contribution in [3.8, 4) is 6.07 Å². The van der Waals surface area contributed by atoms with Crippen molar-refractivity contribution in [1.82, 2.24) is 0 Å². The molecule has 3 heteroatoms. The molecule has 0 saturated heterocycles. The quantitative estimate of drug-likeness (QED) is 0.761. The van der Waals surface area contributed by atoms with E-state index >= 15 is 0 Å². The highest BCUT2D eigenvalue weighted by Crippen LogP contribution is 2.27. The van der Waals surface area contributed by atoms with Gasteiger partial charge in [-0.15, -0.1) is 11.8 Å². The average molecular weight is 271 g/mol. The first-order valence-electron chi connectivity index (χ1n) is 5.98. The Morgan fingerprint density at radius 3 is 2.68 bits per heavy atom. The number of hydrogen-bond acceptors (Lipinski definition) is 2. The summed E-state index contributed by atoms with van der Waals surface area (Å²) in [6, 6.07) is 12.8. The zero-order valence-electron chi connectivity index (χ0n) is 10.9. The van der Waals surface area contributed by atoms with Gasteiger partial charge in [0.25, 0.3) is 0 Å². The van der Waals surface area contributed by atoms with Crippen molar-refractivity contribution in [2.24, 2.45) is 0 Å². The zero-order chi connectivity index (χ0) is 13.8. The molecule has 1 nitrogen and oxygen atoms in total. The smallest absolute Gasteiger partial charge is 0.124 e. The molecule has 0 amide bonds. The van der Waals surface area contributed by atoms with Crippen LogP contribution in [0.15, 0.2) is 41.3 Å². The molecule has 2 aromatic rings. The first-order valence-corrected chi connectivity index (χ1v) is 6.96. The number of nitrogens with zero attached hydrogens (tertiary/aromatic N) is 1. The minimum absolute atomic E-state index is 0.351. The fraction of sp³-hybridized carbons (Fsp3) is 0.188. The molecule has 0 spiro atoms. The number of rotatable bonds is 3. The van der Waals surface area contributed by atoms with E-state index in [2.05, 4.69) is 32.0 Å². The fourth-order valence-electron chi connectivity index (χ4n) is 1.82. The zero-order valence-corrected chi connectivity index (χ0v) is 11.7. The van der Waals surface area contributed by atoms with E-state index in [1.807, 2.05) is 6.07 Å². The van der Waals surface area contributed by atoms with Gasteiger partial charge in [0.1, 0.15) is 5.82 Å². The van der Waals surface area contributed by atoms with Crippen molar-refractivity contribution in [1.29, 1.82) is 5.26 Å². The topological polar surface area (TPSA) is 23.8 Å². The number of thioether (sulfide) groups is 1. The van der Waals surface area contributed by atoms with Gasteiger partial charge in [-0.2, -0.15) is 5.26 Å². The third-order valence-corrected chi connectivity index (χ3v) is 4.05. The van der Waals surface area contributed by atoms with E-state index in [1.165, 1.54) is 28.2 Å². The van der Waals surface area contributed by atoms with Crippen molar-refractivity contribution in [3.63, 3.8) is 0 Å². The summed E-state index contributed by atoms with van der Waals surface area (Å²) in [5.41, 5.74) is 3.64. The summed E-state index contributed by atoms with van der Waals surface area (Å²) in [6.07, 6.45) is 0. The molecule has 0 aliphatic heterocycles. The van der Waals surface area contributed by atoms with Gasteiger partial charge < -0.3 is 0 Å². The molecule has 0 aliphatic carbocycles. The van der Waals surface area contributed by atoms with Crippen molar-refractivity contribution in [2.75, 3.05) is 0 Å². The van der Waals surface area contributed by atoms with Crippen molar-refractivity contribution in [3.05, 3.63) is 64.5 Å². The molecule has 0 aromatic heterocycles. The summed E-state index contributed by atoms with van der Waals surface area (Å²) in [6.45, 7) is 4.12. The maximum atomic E-state index is 13.3. The Bertz CT molecular complexity index is 644. The molecule has 0 N–H and O–H groups in total. The second-order valence-electron chi connectivity index (χ2n) is 4.52. The number of benzene rings is 2. The molecule has 0 saturated carbocycles. The summed E-state index contributed by atoms with van der Waals surface area (Å²) in [7, 11) is 0. The maximum Gasteiger partial charge on any atom is 0.124 e. The minimum atomic E-state index is -0.351. The second kappa shape index (κ2) is 5.90. The number of nitriles is 1. The lowest BCUT2D eigenvalue weighted by Crippen LogP contribution is -1.88. The van der Waals surface area contributed by atoms with Crippen molar-refractivity contribution >= 4 is 11.8 Å². The van der Waals surface area contributed by atoms with E-state index in [4.69, 9.17) is 5.26 Å². The van der Waals surface area contributed by atoms with Crippen molar-refractivity contribution < 1.29 is 4.39 Å². The van der Waals surface area contributed by atoms with E-state index in [0.29, 0.717) is 11.3 Å². The van der Waals surface area contributed by atoms with Crippen LogP contribution in [0.25, 0.3) is 0 Å². The molecule has 96 valence electrons. The molecule has 0 heterocycles. The van der Waals surface area contributed by atoms with E-state index in [0.717, 1.165) is 5.56 Å². The Morgan fingerprint density at radius 2 is 1.95 bits per heavy atom. The molecule has 0 radical (unpaired) electrons. The van der Waals surface area contributed by atoms with E-state index in [-0.39, 0.29) is 5.82 Å². The van der Waals surface area contributed by atoms with E-state index in [9.17, 15) is 4.39 Å². The number of halogens is 1. The average Bonchev–Trinajstić information content (AvgIpc) is 2.39. The first kappa shape index (κ1) is 13.6. The van der Waals surface area contributed by atoms with Gasteiger partial charge in [0.2, 0.25) is 0 Å². The molecular formula is C16H14FNS. The molecule has 2 aromatic carbocycles. The molecule has 0 fully saturated rings. The lowest BCUT2D eigenvalue weighted by molar-refractivity contribution is 0.626. The van der Waals surface area contributed by atoms with Gasteiger partial charge in [0.05, 0.1) is 11.6 Å². The van der Waals surface area contributed by atoms with Gasteiger partial charge in [-0.1, -0.05) is 17.7 Å². The lowest BCUT2D eigenvalue weighted by atomic mass is 10.1. The summed E-state index contributed by atoms with van der Waals surface area (Å²) in [5.74, 6) is 0.312. The summed E-state index contributed by atoms with van der Waals surface area (Å²) < 4.78 is 13.3. The Morgan fingerprint density at radius 1 is 1.16 bits per heavy atom. The van der Waals surface area contributed by atoms with Gasteiger partial charge in [-0.05, 0) is 49.2 Å². The predicted octanol–water partition coefficient (Wildman–Crippen LogP) is 4.61. The van der Waals surface area contributed by atoms with Crippen LogP contribution in [-0.4, -0.2) is 0 Å². The lowest BCUT2D eigenvalue weighted by Gasteiger charge is -2.07. The van der Waals surface area contributed by atoms with Gasteiger partial charge in [-0.25, -0.2) is 4.39 Å². The Kier molecular flexibility index (Phi) is 4.24. The Hall–Kier alpha value is -1.79. The number of aryl methyl sites for hydroxylation is 2. The molecule has 2 rings (SSSR count). The monoisotopic (exact) mass is 271 g/mol. The van der Waals surface area contributed by atoms with Crippen LogP contribution in [0.4, 0.5) is 4.39 Å². The summed E-state index contributed by atoms with van der Waals surface area (Å²) in [5, 5.41) is 8.83. The summed E-state index contributed by atoms with van der Waals surface area (Å²) in [4.78, 5) is 1.20. The fourth-order valence-corrected chi connectivity index (χ4v) is 2.88. The SMILES string of the molecule is Cc1ccc(C)c(SCc2cc(F)cc(C#N)c2)c1. The first-order chi connectivity index (χ1) is 9.08. The van der Waals surface area contributed by atoms with Crippen LogP contribution in [0.1, 0.15) is 22.3 Å².